The summed E-state index contributed by atoms with van der Waals surface area (Å²) in [4.78, 5) is 12.6. The minimum atomic E-state index is -2.82. The van der Waals surface area contributed by atoms with Crippen LogP contribution in [0.2, 0.25) is 0 Å². The van der Waals surface area contributed by atoms with Crippen LogP contribution < -0.4 is 5.73 Å². The largest absolute Gasteiger partial charge is 0.368 e. The number of alkyl halides is 2. The number of carbonyl (C=O) groups is 1. The second-order valence-electron chi connectivity index (χ2n) is 4.37. The Morgan fingerprint density at radius 1 is 1.41 bits per heavy atom. The maximum absolute atomic E-state index is 13.3. The first-order chi connectivity index (χ1) is 7.98. The van der Waals surface area contributed by atoms with Crippen molar-refractivity contribution in [3.8, 4) is 0 Å². The van der Waals surface area contributed by atoms with Gasteiger partial charge >= 0.3 is 0 Å². The van der Waals surface area contributed by atoms with Crippen LogP contribution in [0.3, 0.4) is 0 Å². The number of nitrogens with two attached hydrogens (primary N) is 1. The molecule has 5 heteroatoms. The van der Waals surface area contributed by atoms with Crippen LogP contribution in [0.4, 0.5) is 8.78 Å². The third-order valence-corrected chi connectivity index (χ3v) is 2.92. The summed E-state index contributed by atoms with van der Waals surface area (Å²) in [5, 5.41) is 0. The van der Waals surface area contributed by atoms with Crippen molar-refractivity contribution in [2.75, 3.05) is 6.54 Å². The predicted molar refractivity (Wildman–Crippen MR) is 59.4 cm³/mol. The summed E-state index contributed by atoms with van der Waals surface area (Å²) in [6.07, 6.45) is -0.477. The molecule has 0 saturated carbocycles. The van der Waals surface area contributed by atoms with Gasteiger partial charge in [-0.05, 0) is 5.56 Å². The van der Waals surface area contributed by atoms with Gasteiger partial charge in [0.1, 0.15) is 0 Å². The predicted octanol–water partition coefficient (Wildman–Crippen LogP) is 1.38. The number of hydrogen-bond acceptors (Lipinski definition) is 2. The molecule has 0 aliphatic carbocycles. The Hall–Kier alpha value is -1.49. The lowest BCUT2D eigenvalue weighted by Gasteiger charge is -2.20. The molecule has 1 atom stereocenters. The van der Waals surface area contributed by atoms with E-state index < -0.39 is 30.8 Å². The molecule has 0 bridgehead atoms. The summed E-state index contributed by atoms with van der Waals surface area (Å²) >= 11 is 0. The molecule has 1 aromatic carbocycles. The van der Waals surface area contributed by atoms with Gasteiger partial charge in [-0.15, -0.1) is 0 Å². The molecule has 1 amide bonds. The molecule has 1 aliphatic heterocycles. The average Bonchev–Trinajstić information content (AvgIpc) is 2.55. The van der Waals surface area contributed by atoms with E-state index in [2.05, 4.69) is 0 Å². The maximum Gasteiger partial charge on any atom is 0.262 e. The molecule has 2 N–H and O–H groups in total. The van der Waals surface area contributed by atoms with Crippen molar-refractivity contribution in [1.29, 1.82) is 0 Å². The molecule has 2 rings (SSSR count). The molecule has 0 spiro atoms. The molecule has 1 fully saturated rings. The highest BCUT2D eigenvalue weighted by Crippen LogP contribution is 2.32. The summed E-state index contributed by atoms with van der Waals surface area (Å²) in [7, 11) is 0. The Bertz CT molecular complexity index is 408. The fraction of sp³-hybridized carbons (Fsp3) is 0.417. The Labute approximate surface area is 98.2 Å². The van der Waals surface area contributed by atoms with Crippen LogP contribution in [0.1, 0.15) is 12.0 Å². The smallest absolute Gasteiger partial charge is 0.262 e. The fourth-order valence-electron chi connectivity index (χ4n) is 2.15. The van der Waals surface area contributed by atoms with Gasteiger partial charge in [0, 0.05) is 13.0 Å². The quantitative estimate of drug-likeness (QED) is 0.867. The van der Waals surface area contributed by atoms with Crippen LogP contribution in [0.25, 0.3) is 0 Å². The van der Waals surface area contributed by atoms with Gasteiger partial charge in [-0.3, -0.25) is 9.69 Å². The summed E-state index contributed by atoms with van der Waals surface area (Å²) in [5.74, 6) is -3.51. The molecule has 1 aliphatic rings. The number of amides is 1. The Kier molecular flexibility index (Phi) is 3.11. The number of benzene rings is 1. The lowest BCUT2D eigenvalue weighted by molar-refractivity contribution is -0.122. The number of halogens is 2. The molecule has 3 nitrogen and oxygen atoms in total. The van der Waals surface area contributed by atoms with Crippen LogP contribution in [0, 0.1) is 0 Å². The fourth-order valence-corrected chi connectivity index (χ4v) is 2.15. The van der Waals surface area contributed by atoms with Gasteiger partial charge < -0.3 is 5.73 Å². The lowest BCUT2D eigenvalue weighted by atomic mass is 10.1. The molecule has 0 radical (unpaired) electrons. The highest BCUT2D eigenvalue weighted by atomic mass is 19.3. The average molecular weight is 240 g/mol. The van der Waals surface area contributed by atoms with Crippen LogP contribution in [-0.4, -0.2) is 29.3 Å². The molecule has 1 saturated heterocycles. The van der Waals surface area contributed by atoms with E-state index in [0.717, 1.165) is 5.56 Å². The molecule has 1 unspecified atom stereocenters. The van der Waals surface area contributed by atoms with Crippen LogP contribution in [0.5, 0.6) is 0 Å². The Balaban J connectivity index is 2.12. The van der Waals surface area contributed by atoms with Gasteiger partial charge in [0.25, 0.3) is 5.92 Å². The van der Waals surface area contributed by atoms with Crippen LogP contribution in [-0.2, 0) is 11.3 Å². The number of rotatable bonds is 3. The number of primary amides is 1. The van der Waals surface area contributed by atoms with Crippen molar-refractivity contribution in [3.05, 3.63) is 35.9 Å². The minimum absolute atomic E-state index is 0.323. The molecule has 92 valence electrons. The lowest BCUT2D eigenvalue weighted by Crippen LogP contribution is -2.39. The second-order valence-corrected chi connectivity index (χ2v) is 4.37. The number of hydrogen-bond donors (Lipinski definition) is 1. The summed E-state index contributed by atoms with van der Waals surface area (Å²) in [6, 6.07) is 8.34. The third kappa shape index (κ3) is 2.79. The first-order valence-corrected chi connectivity index (χ1v) is 5.43. The molecular weight excluding hydrogens is 226 g/mol. The van der Waals surface area contributed by atoms with Crippen molar-refractivity contribution in [2.45, 2.75) is 24.9 Å². The van der Waals surface area contributed by atoms with E-state index in [0.29, 0.717) is 6.54 Å². The van der Waals surface area contributed by atoms with E-state index in [1.807, 2.05) is 30.3 Å². The van der Waals surface area contributed by atoms with E-state index in [1.165, 1.54) is 4.90 Å². The Morgan fingerprint density at radius 2 is 2.06 bits per heavy atom. The van der Waals surface area contributed by atoms with Gasteiger partial charge in [-0.1, -0.05) is 30.3 Å². The van der Waals surface area contributed by atoms with Crippen molar-refractivity contribution >= 4 is 5.91 Å². The first-order valence-electron chi connectivity index (χ1n) is 5.43. The summed E-state index contributed by atoms with van der Waals surface area (Å²) in [5.41, 5.74) is 6.05. The third-order valence-electron chi connectivity index (χ3n) is 2.92. The molecule has 17 heavy (non-hydrogen) atoms. The summed E-state index contributed by atoms with van der Waals surface area (Å²) in [6.45, 7) is -0.0838. The van der Waals surface area contributed by atoms with Crippen LogP contribution >= 0.6 is 0 Å². The van der Waals surface area contributed by atoms with E-state index in [1.54, 1.807) is 0 Å². The molecule has 1 heterocycles. The zero-order valence-corrected chi connectivity index (χ0v) is 9.27. The van der Waals surface area contributed by atoms with Gasteiger partial charge in [-0.2, -0.15) is 0 Å². The maximum atomic E-state index is 13.3. The number of carbonyl (C=O) groups excluding carboxylic acids is 1. The highest BCUT2D eigenvalue weighted by molar-refractivity contribution is 5.80. The van der Waals surface area contributed by atoms with Crippen molar-refractivity contribution in [2.24, 2.45) is 5.73 Å². The monoisotopic (exact) mass is 240 g/mol. The summed E-state index contributed by atoms with van der Waals surface area (Å²) < 4.78 is 26.5. The standard InChI is InChI=1S/C12H14F2N2O/c13-12(14)6-10(11(15)17)16(8-12)7-9-4-2-1-3-5-9/h1-5,10H,6-8H2,(H2,15,17). The number of nitrogens with zero attached hydrogens (tertiary/aromatic N) is 1. The topological polar surface area (TPSA) is 46.3 Å². The van der Waals surface area contributed by atoms with Crippen LogP contribution in [0.15, 0.2) is 30.3 Å². The van der Waals surface area contributed by atoms with Crippen molar-refractivity contribution in [1.82, 2.24) is 4.90 Å². The van der Waals surface area contributed by atoms with E-state index >= 15 is 0 Å². The van der Waals surface area contributed by atoms with Gasteiger partial charge in [0.2, 0.25) is 5.91 Å². The zero-order chi connectivity index (χ0) is 12.5. The van der Waals surface area contributed by atoms with Crippen molar-refractivity contribution < 1.29 is 13.6 Å². The SMILES string of the molecule is NC(=O)C1CC(F)(F)CN1Cc1ccccc1. The molecule has 0 aromatic heterocycles. The minimum Gasteiger partial charge on any atom is -0.368 e. The van der Waals surface area contributed by atoms with Crippen molar-refractivity contribution in [3.63, 3.8) is 0 Å². The zero-order valence-electron chi connectivity index (χ0n) is 9.27. The first kappa shape index (κ1) is 12.0. The van der Waals surface area contributed by atoms with E-state index in [4.69, 9.17) is 5.73 Å². The van der Waals surface area contributed by atoms with E-state index in [-0.39, 0.29) is 0 Å². The number of likely N-dealkylation sites (tertiary alicyclic amines) is 1. The Morgan fingerprint density at radius 3 is 2.65 bits per heavy atom. The van der Waals surface area contributed by atoms with Gasteiger partial charge in [0.05, 0.1) is 12.6 Å². The van der Waals surface area contributed by atoms with Gasteiger partial charge in [0.15, 0.2) is 0 Å². The normalized spacial score (nSPS) is 23.8. The van der Waals surface area contributed by atoms with E-state index in [9.17, 15) is 13.6 Å². The van der Waals surface area contributed by atoms with Gasteiger partial charge in [-0.25, -0.2) is 8.78 Å². The highest BCUT2D eigenvalue weighted by Gasteiger charge is 2.47. The molecular formula is C12H14F2N2O. The second kappa shape index (κ2) is 4.41. The molecule has 1 aromatic rings.